The highest BCUT2D eigenvalue weighted by atomic mass is 32.1. The average molecular weight is 255 g/mol. The lowest BCUT2D eigenvalue weighted by Crippen LogP contribution is -2.39. The van der Waals surface area contributed by atoms with E-state index in [0.29, 0.717) is 19.4 Å². The molecule has 96 valence electrons. The molecule has 17 heavy (non-hydrogen) atoms. The van der Waals surface area contributed by atoms with Crippen LogP contribution in [0.4, 0.5) is 0 Å². The number of aryl methyl sites for hydroxylation is 2. The van der Waals surface area contributed by atoms with Crippen molar-refractivity contribution in [2.75, 3.05) is 6.61 Å². The summed E-state index contributed by atoms with van der Waals surface area (Å²) >= 11 is 1.60. The first kappa shape index (κ1) is 14.3. The Labute approximate surface area is 107 Å². The summed E-state index contributed by atoms with van der Waals surface area (Å²) in [6.07, 6.45) is 1.08. The number of hydrogen-bond donors (Lipinski definition) is 0. The molecular weight excluding hydrogens is 234 g/mol. The average Bonchev–Trinajstić information content (AvgIpc) is 2.58. The third-order valence-corrected chi connectivity index (χ3v) is 4.18. The van der Waals surface area contributed by atoms with Gasteiger partial charge in [-0.05, 0) is 34.1 Å². The molecule has 0 saturated carbocycles. The van der Waals surface area contributed by atoms with Gasteiger partial charge < -0.3 is 4.74 Å². The van der Waals surface area contributed by atoms with Crippen LogP contribution in [0, 0.1) is 13.8 Å². The molecule has 0 aliphatic rings. The normalized spacial score (nSPS) is 14.6. The van der Waals surface area contributed by atoms with Crippen LogP contribution >= 0.6 is 11.3 Å². The Morgan fingerprint density at radius 2 is 2.06 bits per heavy atom. The number of nitrogens with zero attached hydrogens (tertiary/aromatic N) is 1. The number of thiazole rings is 1. The van der Waals surface area contributed by atoms with E-state index in [9.17, 15) is 4.79 Å². The van der Waals surface area contributed by atoms with Crippen LogP contribution in [0.1, 0.15) is 42.8 Å². The second-order valence-corrected chi connectivity index (χ2v) is 5.65. The van der Waals surface area contributed by atoms with Crippen LogP contribution < -0.4 is 0 Å². The van der Waals surface area contributed by atoms with E-state index >= 15 is 0 Å². The van der Waals surface area contributed by atoms with Gasteiger partial charge in [0.25, 0.3) is 0 Å². The summed E-state index contributed by atoms with van der Waals surface area (Å²) in [6, 6.07) is 0. The van der Waals surface area contributed by atoms with Crippen molar-refractivity contribution in [2.24, 2.45) is 0 Å². The van der Waals surface area contributed by atoms with Gasteiger partial charge in [0.2, 0.25) is 0 Å². The van der Waals surface area contributed by atoms with Crippen LogP contribution in [-0.4, -0.2) is 23.0 Å². The van der Waals surface area contributed by atoms with Gasteiger partial charge in [-0.2, -0.15) is 0 Å². The minimum absolute atomic E-state index is 0.121. The van der Waals surface area contributed by atoms with Crippen molar-refractivity contribution in [3.8, 4) is 0 Å². The van der Waals surface area contributed by atoms with E-state index in [2.05, 4.69) is 4.98 Å². The van der Waals surface area contributed by atoms with Crippen molar-refractivity contribution in [1.82, 2.24) is 4.98 Å². The second kappa shape index (κ2) is 5.74. The zero-order valence-electron chi connectivity index (χ0n) is 11.3. The van der Waals surface area contributed by atoms with Crippen LogP contribution in [0.25, 0.3) is 0 Å². The van der Waals surface area contributed by atoms with Gasteiger partial charge in [0, 0.05) is 11.5 Å². The molecule has 1 aromatic rings. The molecule has 0 N–H and O–H groups in total. The lowest BCUT2D eigenvalue weighted by molar-refractivity contribution is -0.141. The van der Waals surface area contributed by atoms with E-state index < -0.39 is 5.60 Å². The quantitative estimate of drug-likeness (QED) is 0.784. The molecule has 0 aromatic carbocycles. The first-order valence-corrected chi connectivity index (χ1v) is 6.84. The zero-order chi connectivity index (χ0) is 13.1. The highest BCUT2D eigenvalue weighted by molar-refractivity contribution is 7.11. The van der Waals surface area contributed by atoms with Crippen molar-refractivity contribution in [2.45, 2.75) is 53.1 Å². The molecule has 1 aromatic heterocycles. The van der Waals surface area contributed by atoms with Crippen LogP contribution in [0.5, 0.6) is 0 Å². The fourth-order valence-electron chi connectivity index (χ4n) is 1.64. The van der Waals surface area contributed by atoms with Crippen LogP contribution in [-0.2, 0) is 16.0 Å². The summed E-state index contributed by atoms with van der Waals surface area (Å²) < 4.78 is 5.58. The summed E-state index contributed by atoms with van der Waals surface area (Å²) in [6.45, 7) is 10.3. The molecule has 0 aliphatic carbocycles. The number of carbonyl (C=O) groups is 1. The van der Waals surface area contributed by atoms with Crippen LogP contribution in [0.2, 0.25) is 0 Å². The first-order valence-electron chi connectivity index (χ1n) is 6.03. The maximum atomic E-state index is 12.2. The van der Waals surface area contributed by atoms with E-state index in [1.54, 1.807) is 11.3 Å². The molecule has 1 atom stereocenters. The lowest BCUT2D eigenvalue weighted by Gasteiger charge is -2.26. The van der Waals surface area contributed by atoms with E-state index in [4.69, 9.17) is 4.74 Å². The Balaban J connectivity index is 2.77. The monoisotopic (exact) mass is 255 g/mol. The molecule has 0 saturated heterocycles. The molecule has 0 aliphatic heterocycles. The number of rotatable bonds is 6. The fraction of sp³-hybridized carbons (Fsp3) is 0.692. The number of hydrogen-bond acceptors (Lipinski definition) is 4. The Morgan fingerprint density at radius 1 is 1.41 bits per heavy atom. The van der Waals surface area contributed by atoms with Gasteiger partial charge in [-0.25, -0.2) is 4.98 Å². The van der Waals surface area contributed by atoms with E-state index in [1.807, 2.05) is 34.6 Å². The molecule has 3 nitrogen and oxygen atoms in total. The van der Waals surface area contributed by atoms with Gasteiger partial charge >= 0.3 is 0 Å². The molecule has 0 radical (unpaired) electrons. The van der Waals surface area contributed by atoms with Gasteiger partial charge in [0.15, 0.2) is 5.78 Å². The SMILES string of the molecule is CCOC(C)(CC)C(=O)Cc1nc(C)c(C)s1. The molecule has 1 unspecified atom stereocenters. The first-order chi connectivity index (χ1) is 7.92. The summed E-state index contributed by atoms with van der Waals surface area (Å²) in [4.78, 5) is 17.8. The van der Waals surface area contributed by atoms with Gasteiger partial charge in [-0.15, -0.1) is 11.3 Å². The Hall–Kier alpha value is -0.740. The molecule has 0 fully saturated rings. The summed E-state index contributed by atoms with van der Waals surface area (Å²) in [7, 11) is 0. The van der Waals surface area contributed by atoms with Gasteiger partial charge in [0.05, 0.1) is 12.1 Å². The van der Waals surface area contributed by atoms with Crippen molar-refractivity contribution in [1.29, 1.82) is 0 Å². The van der Waals surface area contributed by atoms with Crippen molar-refractivity contribution >= 4 is 17.1 Å². The number of ketones is 1. The predicted molar refractivity (Wildman–Crippen MR) is 70.6 cm³/mol. The van der Waals surface area contributed by atoms with E-state index in [-0.39, 0.29) is 5.78 Å². The summed E-state index contributed by atoms with van der Waals surface area (Å²) in [5.41, 5.74) is 0.356. The topological polar surface area (TPSA) is 39.2 Å². The Bertz CT molecular complexity index is 381. The van der Waals surface area contributed by atoms with Gasteiger partial charge in [-0.1, -0.05) is 6.92 Å². The third-order valence-electron chi connectivity index (χ3n) is 3.11. The molecule has 0 bridgehead atoms. The van der Waals surface area contributed by atoms with Gasteiger partial charge in [-0.3, -0.25) is 4.79 Å². The standard InChI is InChI=1S/C13H21NO2S/c1-6-13(5,16-7-2)11(15)8-12-14-9(3)10(4)17-12/h6-8H2,1-5H3. The molecule has 1 heterocycles. The maximum Gasteiger partial charge on any atom is 0.171 e. The number of Topliss-reactive ketones (excluding diaryl/α,β-unsaturated/α-hetero) is 1. The fourth-order valence-corrected chi connectivity index (χ4v) is 2.57. The molecule has 0 spiro atoms. The lowest BCUT2D eigenvalue weighted by atomic mass is 9.95. The minimum atomic E-state index is -0.664. The minimum Gasteiger partial charge on any atom is -0.368 e. The molecule has 4 heteroatoms. The highest BCUT2D eigenvalue weighted by Gasteiger charge is 2.32. The second-order valence-electron chi connectivity index (χ2n) is 4.37. The smallest absolute Gasteiger partial charge is 0.171 e. The number of aromatic nitrogens is 1. The van der Waals surface area contributed by atoms with Crippen LogP contribution in [0.15, 0.2) is 0 Å². The molecular formula is C13H21NO2S. The summed E-state index contributed by atoms with van der Waals surface area (Å²) in [5, 5.41) is 0.893. The Kier molecular flexibility index (Phi) is 4.83. The highest BCUT2D eigenvalue weighted by Crippen LogP contribution is 2.22. The van der Waals surface area contributed by atoms with E-state index in [0.717, 1.165) is 10.7 Å². The largest absolute Gasteiger partial charge is 0.368 e. The summed E-state index contributed by atoms with van der Waals surface area (Å²) in [5.74, 6) is 0.121. The van der Waals surface area contributed by atoms with Gasteiger partial charge in [0.1, 0.15) is 10.6 Å². The number of ether oxygens (including phenoxy) is 1. The predicted octanol–water partition coefficient (Wildman–Crippen LogP) is 3.08. The van der Waals surface area contributed by atoms with Crippen molar-refractivity contribution in [3.05, 3.63) is 15.6 Å². The molecule has 0 amide bonds. The maximum absolute atomic E-state index is 12.2. The molecule has 1 rings (SSSR count). The van der Waals surface area contributed by atoms with Crippen molar-refractivity contribution < 1.29 is 9.53 Å². The number of carbonyl (C=O) groups excluding carboxylic acids is 1. The zero-order valence-corrected chi connectivity index (χ0v) is 12.1. The van der Waals surface area contributed by atoms with Crippen LogP contribution in [0.3, 0.4) is 0 Å². The Morgan fingerprint density at radius 3 is 2.47 bits per heavy atom. The van der Waals surface area contributed by atoms with E-state index in [1.165, 1.54) is 4.88 Å². The third kappa shape index (κ3) is 3.36. The van der Waals surface area contributed by atoms with Crippen molar-refractivity contribution in [3.63, 3.8) is 0 Å².